The van der Waals surface area contributed by atoms with Gasteiger partial charge in [0, 0.05) is 9.75 Å². The third-order valence-electron chi connectivity index (χ3n) is 1.98. The first-order chi connectivity index (χ1) is 6.68. The van der Waals surface area contributed by atoms with E-state index in [1.807, 2.05) is 6.07 Å². The fourth-order valence-electron chi connectivity index (χ4n) is 1.24. The van der Waals surface area contributed by atoms with Crippen molar-refractivity contribution >= 4 is 50.2 Å². The quantitative estimate of drug-likeness (QED) is 0.668. The molecule has 0 aliphatic heterocycles. The summed E-state index contributed by atoms with van der Waals surface area (Å²) >= 11 is 13.3. The number of aryl methyl sites for hydroxylation is 1. The van der Waals surface area contributed by atoms with Gasteiger partial charge in [0.15, 0.2) is 0 Å². The van der Waals surface area contributed by atoms with Crippen LogP contribution in [0, 0.1) is 6.92 Å². The third-order valence-corrected chi connectivity index (χ3v) is 5.46. The van der Waals surface area contributed by atoms with Crippen molar-refractivity contribution in [3.63, 3.8) is 0 Å². The summed E-state index contributed by atoms with van der Waals surface area (Å²) in [5.74, 6) is 0. The lowest BCUT2D eigenvalue weighted by atomic mass is 10.2. The van der Waals surface area contributed by atoms with Gasteiger partial charge in [0.2, 0.25) is 0 Å². The number of halogens is 2. The van der Waals surface area contributed by atoms with E-state index in [0.29, 0.717) is 0 Å². The summed E-state index contributed by atoms with van der Waals surface area (Å²) in [5, 5.41) is 2.09. The molecule has 2 aromatic heterocycles. The first kappa shape index (κ1) is 10.7. The second kappa shape index (κ2) is 4.35. The second-order valence-electron chi connectivity index (χ2n) is 2.97. The molecule has 0 spiro atoms. The molecule has 0 saturated carbocycles. The van der Waals surface area contributed by atoms with E-state index >= 15 is 0 Å². The summed E-state index contributed by atoms with van der Waals surface area (Å²) in [6, 6.07) is 6.22. The molecule has 0 aliphatic rings. The van der Waals surface area contributed by atoms with Gasteiger partial charge in [-0.05, 0) is 52.0 Å². The maximum atomic E-state index is 6.39. The van der Waals surface area contributed by atoms with Crippen molar-refractivity contribution in [2.45, 2.75) is 12.3 Å². The summed E-state index contributed by atoms with van der Waals surface area (Å²) in [6.45, 7) is 2.10. The molecule has 0 saturated heterocycles. The lowest BCUT2D eigenvalue weighted by molar-refractivity contribution is 1.20. The third kappa shape index (κ3) is 2.06. The Kier molecular flexibility index (Phi) is 3.32. The molecule has 0 fully saturated rings. The molecule has 0 radical (unpaired) electrons. The van der Waals surface area contributed by atoms with Crippen LogP contribution in [0.3, 0.4) is 0 Å². The molecule has 0 aliphatic carbocycles. The second-order valence-corrected chi connectivity index (χ2v) is 6.85. The lowest BCUT2D eigenvalue weighted by Crippen LogP contribution is -1.87. The minimum atomic E-state index is 0.00583. The number of rotatable bonds is 2. The molecule has 1 atom stereocenters. The zero-order chi connectivity index (χ0) is 10.1. The summed E-state index contributed by atoms with van der Waals surface area (Å²) in [7, 11) is 0. The van der Waals surface area contributed by atoms with Gasteiger partial charge in [0.25, 0.3) is 0 Å². The monoisotopic (exact) mass is 306 g/mol. The predicted molar refractivity (Wildman–Crippen MR) is 68.8 cm³/mol. The largest absolute Gasteiger partial charge is 0.147 e. The average Bonchev–Trinajstić information content (AvgIpc) is 2.73. The Labute approximate surface area is 105 Å². The van der Waals surface area contributed by atoms with Gasteiger partial charge < -0.3 is 0 Å². The van der Waals surface area contributed by atoms with E-state index in [2.05, 4.69) is 40.4 Å². The Morgan fingerprint density at radius 3 is 2.64 bits per heavy atom. The van der Waals surface area contributed by atoms with Crippen molar-refractivity contribution in [3.8, 4) is 0 Å². The maximum absolute atomic E-state index is 6.39. The Morgan fingerprint density at radius 2 is 2.14 bits per heavy atom. The molecule has 2 aromatic rings. The number of hydrogen-bond donors (Lipinski definition) is 0. The van der Waals surface area contributed by atoms with Crippen molar-refractivity contribution in [1.82, 2.24) is 0 Å². The highest BCUT2D eigenvalue weighted by Gasteiger charge is 2.15. The van der Waals surface area contributed by atoms with Crippen molar-refractivity contribution in [3.05, 3.63) is 42.7 Å². The molecular weight excluding hydrogens is 300 g/mol. The van der Waals surface area contributed by atoms with Gasteiger partial charge in [-0.1, -0.05) is 0 Å². The van der Waals surface area contributed by atoms with Gasteiger partial charge in [-0.2, -0.15) is 0 Å². The first-order valence-corrected chi connectivity index (χ1v) is 7.04. The molecule has 0 aromatic carbocycles. The molecule has 4 heteroatoms. The molecule has 2 heterocycles. The topological polar surface area (TPSA) is 0 Å². The minimum absolute atomic E-state index is 0.00583. The van der Waals surface area contributed by atoms with Crippen LogP contribution >= 0.6 is 50.2 Å². The number of thiophene rings is 2. The Balaban J connectivity index is 2.33. The van der Waals surface area contributed by atoms with Crippen LogP contribution in [-0.4, -0.2) is 0 Å². The molecule has 74 valence electrons. The van der Waals surface area contributed by atoms with E-state index in [9.17, 15) is 0 Å². The van der Waals surface area contributed by atoms with Crippen LogP contribution in [0.25, 0.3) is 0 Å². The van der Waals surface area contributed by atoms with Gasteiger partial charge in [0.1, 0.15) is 5.38 Å². The molecular formula is C10H8BrClS2. The SMILES string of the molecule is Cc1ccsc1C(Cl)c1ccc(Br)s1. The Bertz CT molecular complexity index is 433. The highest BCUT2D eigenvalue weighted by atomic mass is 79.9. The maximum Gasteiger partial charge on any atom is 0.102 e. The number of alkyl halides is 1. The van der Waals surface area contributed by atoms with Gasteiger partial charge in [-0.15, -0.1) is 34.3 Å². The van der Waals surface area contributed by atoms with Gasteiger partial charge >= 0.3 is 0 Å². The Morgan fingerprint density at radius 1 is 1.36 bits per heavy atom. The van der Waals surface area contributed by atoms with Crippen molar-refractivity contribution in [2.24, 2.45) is 0 Å². The van der Waals surface area contributed by atoms with Gasteiger partial charge in [-0.3, -0.25) is 0 Å². The Hall–Kier alpha value is 0.170. The number of hydrogen-bond acceptors (Lipinski definition) is 2. The van der Waals surface area contributed by atoms with Gasteiger partial charge in [-0.25, -0.2) is 0 Å². The van der Waals surface area contributed by atoms with E-state index in [-0.39, 0.29) is 5.38 Å². The molecule has 0 bridgehead atoms. The average molecular weight is 308 g/mol. The zero-order valence-corrected chi connectivity index (χ0v) is 11.4. The summed E-state index contributed by atoms with van der Waals surface area (Å²) in [5.41, 5.74) is 1.28. The van der Waals surface area contributed by atoms with Crippen LogP contribution < -0.4 is 0 Å². The highest BCUT2D eigenvalue weighted by molar-refractivity contribution is 9.11. The van der Waals surface area contributed by atoms with E-state index in [0.717, 1.165) is 3.79 Å². The minimum Gasteiger partial charge on any atom is -0.147 e. The summed E-state index contributed by atoms with van der Waals surface area (Å²) in [4.78, 5) is 2.45. The van der Waals surface area contributed by atoms with Crippen LogP contribution in [0.1, 0.15) is 20.7 Å². The van der Waals surface area contributed by atoms with Crippen LogP contribution in [0.4, 0.5) is 0 Å². The van der Waals surface area contributed by atoms with Crippen molar-refractivity contribution < 1.29 is 0 Å². The van der Waals surface area contributed by atoms with Crippen molar-refractivity contribution in [2.75, 3.05) is 0 Å². The highest BCUT2D eigenvalue weighted by Crippen LogP contribution is 2.38. The van der Waals surface area contributed by atoms with E-state index in [4.69, 9.17) is 11.6 Å². The summed E-state index contributed by atoms with van der Waals surface area (Å²) in [6.07, 6.45) is 0. The van der Waals surface area contributed by atoms with Crippen LogP contribution in [-0.2, 0) is 0 Å². The zero-order valence-electron chi connectivity index (χ0n) is 7.46. The molecule has 1 unspecified atom stereocenters. The van der Waals surface area contributed by atoms with Crippen LogP contribution in [0.5, 0.6) is 0 Å². The van der Waals surface area contributed by atoms with Crippen LogP contribution in [0.2, 0.25) is 0 Å². The fraction of sp³-hybridized carbons (Fsp3) is 0.200. The molecule has 0 N–H and O–H groups in total. The first-order valence-electron chi connectivity index (χ1n) is 4.12. The van der Waals surface area contributed by atoms with Crippen molar-refractivity contribution in [1.29, 1.82) is 0 Å². The standard InChI is InChI=1S/C10H8BrClS2/c1-6-4-5-13-10(6)9(12)7-2-3-8(11)14-7/h2-5,9H,1H3. The molecule has 0 nitrogen and oxygen atoms in total. The molecule has 14 heavy (non-hydrogen) atoms. The lowest BCUT2D eigenvalue weighted by Gasteiger charge is -2.05. The smallest absolute Gasteiger partial charge is 0.102 e. The molecule has 0 amide bonds. The van der Waals surface area contributed by atoms with Crippen LogP contribution in [0.15, 0.2) is 27.4 Å². The normalized spacial score (nSPS) is 13.1. The van der Waals surface area contributed by atoms with E-state index in [1.165, 1.54) is 15.3 Å². The fourth-order valence-corrected chi connectivity index (χ4v) is 4.18. The van der Waals surface area contributed by atoms with E-state index in [1.54, 1.807) is 22.7 Å². The molecule has 2 rings (SSSR count). The van der Waals surface area contributed by atoms with E-state index < -0.39 is 0 Å². The van der Waals surface area contributed by atoms with Gasteiger partial charge in [0.05, 0.1) is 3.79 Å². The summed E-state index contributed by atoms with van der Waals surface area (Å²) < 4.78 is 1.13. The predicted octanol–water partition coefficient (Wildman–Crippen LogP) is 5.21.